The van der Waals surface area contributed by atoms with E-state index in [1.54, 1.807) is 0 Å². The Hall–Kier alpha value is -0.780. The molecule has 0 heterocycles. The third-order valence-electron chi connectivity index (χ3n) is 3.80. The molecule has 0 bridgehead atoms. The highest BCUT2D eigenvalue weighted by molar-refractivity contribution is 7.92. The molecule has 1 aliphatic carbocycles. The summed E-state index contributed by atoms with van der Waals surface area (Å²) >= 11 is 11.8. The van der Waals surface area contributed by atoms with E-state index in [-0.39, 0.29) is 20.5 Å². The number of sulfone groups is 1. The first kappa shape index (κ1) is 16.6. The van der Waals surface area contributed by atoms with E-state index in [0.29, 0.717) is 12.8 Å². The Labute approximate surface area is 134 Å². The quantitative estimate of drug-likeness (QED) is 0.829. The van der Waals surface area contributed by atoms with E-state index in [1.165, 1.54) is 6.07 Å². The van der Waals surface area contributed by atoms with E-state index in [4.69, 9.17) is 28.3 Å². The fraction of sp³-hybridized carbons (Fsp3) is 0.500. The van der Waals surface area contributed by atoms with Crippen LogP contribution in [0.5, 0.6) is 0 Å². The van der Waals surface area contributed by atoms with Crippen LogP contribution in [-0.4, -0.2) is 24.7 Å². The molecule has 1 fully saturated rings. The lowest BCUT2D eigenvalue weighted by Crippen LogP contribution is -2.21. The highest BCUT2D eigenvalue weighted by Crippen LogP contribution is 2.34. The lowest BCUT2D eigenvalue weighted by Gasteiger charge is -2.17. The summed E-state index contributed by atoms with van der Waals surface area (Å²) in [7, 11) is -3.64. The summed E-state index contributed by atoms with van der Waals surface area (Å²) in [4.78, 5) is 11.0. The van der Waals surface area contributed by atoms with Crippen LogP contribution in [0.15, 0.2) is 17.0 Å². The number of benzene rings is 1. The van der Waals surface area contributed by atoms with E-state index in [0.717, 1.165) is 31.7 Å². The maximum Gasteiger partial charge on any atom is 0.337 e. The van der Waals surface area contributed by atoms with E-state index in [9.17, 15) is 13.2 Å². The van der Waals surface area contributed by atoms with Crippen molar-refractivity contribution < 1.29 is 18.3 Å². The molecule has 2 rings (SSSR count). The predicted octanol–water partition coefficient (Wildman–Crippen LogP) is 4.19. The first-order valence-electron chi connectivity index (χ1n) is 6.80. The Morgan fingerprint density at radius 3 is 2.14 bits per heavy atom. The lowest BCUT2D eigenvalue weighted by atomic mass is 10.2. The molecule has 0 unspecified atom stereocenters. The van der Waals surface area contributed by atoms with E-state index in [2.05, 4.69) is 0 Å². The second-order valence-corrected chi connectivity index (χ2v) is 8.24. The minimum Gasteiger partial charge on any atom is -0.478 e. The van der Waals surface area contributed by atoms with Gasteiger partial charge in [0, 0.05) is 0 Å². The summed E-state index contributed by atoms with van der Waals surface area (Å²) < 4.78 is 25.5. The molecule has 0 radical (unpaired) electrons. The fourth-order valence-electron chi connectivity index (χ4n) is 2.64. The smallest absolute Gasteiger partial charge is 0.337 e. The Kier molecular flexibility index (Phi) is 5.17. The van der Waals surface area contributed by atoms with Gasteiger partial charge >= 0.3 is 5.97 Å². The van der Waals surface area contributed by atoms with Gasteiger partial charge in [-0.2, -0.15) is 0 Å². The van der Waals surface area contributed by atoms with Crippen molar-refractivity contribution in [3.05, 3.63) is 27.7 Å². The summed E-state index contributed by atoms with van der Waals surface area (Å²) in [6.07, 6.45) is 4.96. The molecule has 0 spiro atoms. The number of hydrogen-bond acceptors (Lipinski definition) is 3. The molecule has 1 aliphatic rings. The molecule has 7 heteroatoms. The third kappa shape index (κ3) is 3.52. The van der Waals surface area contributed by atoms with Crippen molar-refractivity contribution in [2.75, 3.05) is 0 Å². The molecule has 0 aromatic heterocycles. The van der Waals surface area contributed by atoms with Crippen molar-refractivity contribution in [3.8, 4) is 0 Å². The summed E-state index contributed by atoms with van der Waals surface area (Å²) in [5, 5.41) is 8.50. The average Bonchev–Trinajstić information content (AvgIpc) is 2.67. The molecule has 1 saturated carbocycles. The van der Waals surface area contributed by atoms with Crippen LogP contribution in [0.2, 0.25) is 10.0 Å². The highest BCUT2D eigenvalue weighted by Gasteiger charge is 2.31. The van der Waals surface area contributed by atoms with Gasteiger partial charge in [0.25, 0.3) is 0 Å². The van der Waals surface area contributed by atoms with Crippen LogP contribution < -0.4 is 0 Å². The van der Waals surface area contributed by atoms with E-state index in [1.807, 2.05) is 0 Å². The van der Waals surface area contributed by atoms with E-state index >= 15 is 0 Å². The van der Waals surface area contributed by atoms with Gasteiger partial charge in [0.05, 0.1) is 25.8 Å². The molecule has 116 valence electrons. The molecule has 1 aromatic carbocycles. The van der Waals surface area contributed by atoms with E-state index < -0.39 is 21.1 Å². The van der Waals surface area contributed by atoms with Crippen molar-refractivity contribution >= 4 is 39.0 Å². The molecule has 0 aliphatic heterocycles. The van der Waals surface area contributed by atoms with Gasteiger partial charge in [-0.3, -0.25) is 0 Å². The standard InChI is InChI=1S/C14H16Cl2O4S/c15-11-8-12(16)13(7-10(11)14(17)18)21(19,20)9-5-3-1-2-4-6-9/h7-9H,1-6H2,(H,17,18). The van der Waals surface area contributed by atoms with Crippen LogP contribution >= 0.6 is 23.2 Å². The van der Waals surface area contributed by atoms with Gasteiger partial charge in [0.2, 0.25) is 0 Å². The van der Waals surface area contributed by atoms with Crippen molar-refractivity contribution in [1.29, 1.82) is 0 Å². The Morgan fingerprint density at radius 1 is 1.05 bits per heavy atom. The first-order chi connectivity index (χ1) is 9.84. The Bertz CT molecular complexity index is 647. The molecular weight excluding hydrogens is 335 g/mol. The summed E-state index contributed by atoms with van der Waals surface area (Å²) in [6, 6.07) is 2.27. The zero-order chi connectivity index (χ0) is 15.6. The lowest BCUT2D eigenvalue weighted by molar-refractivity contribution is 0.0697. The van der Waals surface area contributed by atoms with Crippen molar-refractivity contribution in [3.63, 3.8) is 0 Å². The molecule has 0 amide bonds. The second kappa shape index (κ2) is 6.55. The van der Waals surface area contributed by atoms with Crippen molar-refractivity contribution in [1.82, 2.24) is 0 Å². The van der Waals surface area contributed by atoms with Gasteiger partial charge in [0.1, 0.15) is 0 Å². The molecule has 4 nitrogen and oxygen atoms in total. The summed E-state index contributed by atoms with van der Waals surface area (Å²) in [5.41, 5.74) is -0.242. The predicted molar refractivity (Wildman–Crippen MR) is 82.1 cm³/mol. The largest absolute Gasteiger partial charge is 0.478 e. The highest BCUT2D eigenvalue weighted by atomic mass is 35.5. The van der Waals surface area contributed by atoms with Gasteiger partial charge in [-0.25, -0.2) is 13.2 Å². The zero-order valence-electron chi connectivity index (χ0n) is 11.3. The Morgan fingerprint density at radius 2 is 1.62 bits per heavy atom. The molecule has 0 saturated heterocycles. The SMILES string of the molecule is O=C(O)c1cc(S(=O)(=O)C2CCCCCC2)c(Cl)cc1Cl. The van der Waals surface area contributed by atoms with Crippen molar-refractivity contribution in [2.45, 2.75) is 48.7 Å². The maximum atomic E-state index is 12.7. The Balaban J connectivity index is 2.48. The van der Waals surface area contributed by atoms with Gasteiger partial charge < -0.3 is 5.11 Å². The first-order valence-corrected chi connectivity index (χ1v) is 9.10. The minimum absolute atomic E-state index is 0.0192. The number of hydrogen-bond donors (Lipinski definition) is 1. The maximum absolute atomic E-state index is 12.7. The normalized spacial score (nSPS) is 17.4. The third-order valence-corrected chi connectivity index (χ3v) is 6.84. The van der Waals surface area contributed by atoms with Crippen LogP contribution in [0, 0.1) is 0 Å². The van der Waals surface area contributed by atoms with Gasteiger partial charge in [-0.1, -0.05) is 48.9 Å². The molecule has 1 N–H and O–H groups in total. The number of aromatic carboxylic acids is 1. The number of rotatable bonds is 3. The average molecular weight is 351 g/mol. The zero-order valence-corrected chi connectivity index (χ0v) is 13.6. The van der Waals surface area contributed by atoms with Crippen LogP contribution in [0.4, 0.5) is 0 Å². The van der Waals surface area contributed by atoms with Crippen LogP contribution in [0.25, 0.3) is 0 Å². The fourth-order valence-corrected chi connectivity index (χ4v) is 5.36. The van der Waals surface area contributed by atoms with Crippen molar-refractivity contribution in [2.24, 2.45) is 0 Å². The van der Waals surface area contributed by atoms with Gasteiger partial charge in [-0.15, -0.1) is 0 Å². The molecule has 1 aromatic rings. The van der Waals surface area contributed by atoms with Gasteiger partial charge in [0.15, 0.2) is 9.84 Å². The van der Waals surface area contributed by atoms with Crippen LogP contribution in [0.3, 0.4) is 0 Å². The topological polar surface area (TPSA) is 71.4 Å². The van der Waals surface area contributed by atoms with Crippen LogP contribution in [0.1, 0.15) is 48.9 Å². The monoisotopic (exact) mass is 350 g/mol. The summed E-state index contributed by atoms with van der Waals surface area (Å²) in [6.45, 7) is 0. The minimum atomic E-state index is -3.64. The van der Waals surface area contributed by atoms with Gasteiger partial charge in [-0.05, 0) is 25.0 Å². The molecule has 0 atom stereocenters. The van der Waals surface area contributed by atoms with Crippen LogP contribution in [-0.2, 0) is 9.84 Å². The number of carboxylic acids is 1. The summed E-state index contributed by atoms with van der Waals surface area (Å²) in [5.74, 6) is -1.27. The second-order valence-electron chi connectivity index (χ2n) is 5.23. The number of halogens is 2. The molecular formula is C14H16Cl2O4S. The number of carboxylic acid groups (broad SMARTS) is 1. The molecule has 21 heavy (non-hydrogen) atoms. The number of carbonyl (C=O) groups is 1.